The smallest absolute Gasteiger partial charge is 0.0513 e. The maximum Gasteiger partial charge on any atom is 0.0513 e. The van der Waals surface area contributed by atoms with Crippen LogP contribution in [0.15, 0.2) is 206 Å². The fourth-order valence-corrected chi connectivity index (χ4v) is 8.60. The first-order valence-corrected chi connectivity index (χ1v) is 21.4. The topological polar surface area (TPSA) is 12.0 Å². The highest BCUT2D eigenvalue weighted by Gasteiger charge is 2.13. The summed E-state index contributed by atoms with van der Waals surface area (Å²) in [5.74, 6) is 0.432. The molecule has 1 heterocycles. The molecule has 2 heteroatoms. The first-order chi connectivity index (χ1) is 28.9. The second-order valence-electron chi connectivity index (χ2n) is 15.1. The molecule has 0 aliphatic rings. The van der Waals surface area contributed by atoms with Gasteiger partial charge in [0.2, 0.25) is 0 Å². The third-order valence-corrected chi connectivity index (χ3v) is 11.9. The Morgan fingerprint density at radius 2 is 1.19 bits per heavy atom. The lowest BCUT2D eigenvalue weighted by Gasteiger charge is -2.17. The number of likely N-dealkylation sites (N-methyl/N-ethyl adjacent to an activating group) is 1. The van der Waals surface area contributed by atoms with Crippen molar-refractivity contribution in [3.05, 3.63) is 261 Å². The van der Waals surface area contributed by atoms with Crippen LogP contribution < -0.4 is 5.32 Å². The normalized spacial score (nSPS) is 12.9. The molecule has 0 aliphatic carbocycles. The van der Waals surface area contributed by atoms with Gasteiger partial charge in [-0.05, 0) is 112 Å². The van der Waals surface area contributed by atoms with Crippen molar-refractivity contribution >= 4 is 44.7 Å². The Balaban J connectivity index is 0.000000684. The zero-order valence-corrected chi connectivity index (χ0v) is 35.4. The fraction of sp³-hybridized carbons (Fsp3) is 0.123. The van der Waals surface area contributed by atoms with E-state index in [1.165, 1.54) is 70.6 Å². The van der Waals surface area contributed by atoms with Gasteiger partial charge in [0.1, 0.15) is 0 Å². The van der Waals surface area contributed by atoms with E-state index in [2.05, 4.69) is 226 Å². The van der Waals surface area contributed by atoms with Gasteiger partial charge in [0.05, 0.1) is 6.04 Å². The third-order valence-electron chi connectivity index (χ3n) is 10.8. The van der Waals surface area contributed by atoms with Crippen LogP contribution in [0, 0.1) is 13.8 Å². The molecular formula is C57H53NS. The van der Waals surface area contributed by atoms with Crippen molar-refractivity contribution in [2.45, 2.75) is 39.2 Å². The van der Waals surface area contributed by atoms with Gasteiger partial charge in [-0.15, -0.1) is 11.3 Å². The average molecular weight is 784 g/mol. The van der Waals surface area contributed by atoms with E-state index in [1.807, 2.05) is 36.6 Å². The molecule has 1 N–H and O–H groups in total. The lowest BCUT2D eigenvalue weighted by molar-refractivity contribution is 0.716. The highest BCUT2D eigenvalue weighted by molar-refractivity contribution is 7.19. The van der Waals surface area contributed by atoms with Crippen molar-refractivity contribution in [1.29, 1.82) is 0 Å². The summed E-state index contributed by atoms with van der Waals surface area (Å²) in [7, 11) is 2.03. The largest absolute Gasteiger partial charge is 0.310 e. The lowest BCUT2D eigenvalue weighted by Crippen LogP contribution is -2.14. The maximum absolute atomic E-state index is 3.53. The van der Waals surface area contributed by atoms with Crippen LogP contribution in [0.5, 0.6) is 0 Å². The summed E-state index contributed by atoms with van der Waals surface area (Å²) < 4.78 is 1.32. The SMILES string of the molecule is CNC(/C=C(/c1ccccc1)c1cccc(/C=C/C(=C\c2c(C)sc3ccccc23)c2cccc(CC(C)c3ccccc3)c2)c1)c1ccccc1.Cc1ccccc1. The summed E-state index contributed by atoms with van der Waals surface area (Å²) in [6.45, 7) is 6.65. The van der Waals surface area contributed by atoms with E-state index >= 15 is 0 Å². The van der Waals surface area contributed by atoms with Crippen LogP contribution in [0.2, 0.25) is 0 Å². The van der Waals surface area contributed by atoms with E-state index in [0.717, 1.165) is 12.0 Å². The predicted octanol–water partition coefficient (Wildman–Crippen LogP) is 15.2. The van der Waals surface area contributed by atoms with Gasteiger partial charge in [-0.2, -0.15) is 0 Å². The molecule has 0 amide bonds. The minimum Gasteiger partial charge on any atom is -0.310 e. The van der Waals surface area contributed by atoms with Crippen LogP contribution in [-0.4, -0.2) is 7.05 Å². The van der Waals surface area contributed by atoms with Crippen molar-refractivity contribution in [3.8, 4) is 0 Å². The lowest BCUT2D eigenvalue weighted by atomic mass is 9.91. The van der Waals surface area contributed by atoms with Gasteiger partial charge < -0.3 is 5.32 Å². The molecule has 59 heavy (non-hydrogen) atoms. The van der Waals surface area contributed by atoms with Crippen LogP contribution in [0.25, 0.3) is 33.4 Å². The molecule has 0 radical (unpaired) electrons. The Bertz CT molecular complexity index is 2630. The number of rotatable bonds is 12. The number of fused-ring (bicyclic) bond motifs is 1. The van der Waals surface area contributed by atoms with E-state index in [0.29, 0.717) is 5.92 Å². The average Bonchev–Trinajstić information content (AvgIpc) is 3.61. The minimum absolute atomic E-state index is 0.0747. The van der Waals surface area contributed by atoms with E-state index in [9.17, 15) is 0 Å². The summed E-state index contributed by atoms with van der Waals surface area (Å²) in [6.07, 6.45) is 10.3. The van der Waals surface area contributed by atoms with Crippen LogP contribution in [0.1, 0.15) is 73.8 Å². The molecule has 7 aromatic carbocycles. The number of aryl methyl sites for hydroxylation is 2. The molecule has 1 aromatic heterocycles. The second kappa shape index (κ2) is 20.4. The molecule has 0 fully saturated rings. The molecule has 0 saturated heterocycles. The zero-order valence-electron chi connectivity index (χ0n) is 34.6. The van der Waals surface area contributed by atoms with E-state index in [4.69, 9.17) is 0 Å². The summed E-state index contributed by atoms with van der Waals surface area (Å²) >= 11 is 1.87. The fourth-order valence-electron chi connectivity index (χ4n) is 7.56. The summed E-state index contributed by atoms with van der Waals surface area (Å²) in [5, 5.41) is 4.84. The first-order valence-electron chi connectivity index (χ1n) is 20.6. The first kappa shape index (κ1) is 40.9. The molecule has 0 aliphatic heterocycles. The van der Waals surface area contributed by atoms with E-state index in [1.54, 1.807) is 0 Å². The van der Waals surface area contributed by atoms with Crippen molar-refractivity contribution in [2.75, 3.05) is 7.05 Å². The van der Waals surface area contributed by atoms with Gasteiger partial charge in [0.15, 0.2) is 0 Å². The zero-order chi connectivity index (χ0) is 40.8. The van der Waals surface area contributed by atoms with Crippen molar-refractivity contribution in [3.63, 3.8) is 0 Å². The van der Waals surface area contributed by atoms with Gasteiger partial charge in [0.25, 0.3) is 0 Å². The number of thiophene rings is 1. The summed E-state index contributed by atoms with van der Waals surface area (Å²) in [4.78, 5) is 1.33. The molecule has 2 unspecified atom stereocenters. The van der Waals surface area contributed by atoms with Gasteiger partial charge in [0, 0.05) is 9.58 Å². The van der Waals surface area contributed by atoms with E-state index in [-0.39, 0.29) is 6.04 Å². The van der Waals surface area contributed by atoms with E-state index < -0.39 is 0 Å². The molecule has 8 aromatic rings. The Morgan fingerprint density at radius 1 is 0.593 bits per heavy atom. The van der Waals surface area contributed by atoms with Gasteiger partial charge in [-0.1, -0.05) is 213 Å². The third kappa shape index (κ3) is 11.0. The van der Waals surface area contributed by atoms with Crippen LogP contribution in [-0.2, 0) is 6.42 Å². The number of hydrogen-bond acceptors (Lipinski definition) is 2. The highest BCUT2D eigenvalue weighted by atomic mass is 32.1. The van der Waals surface area contributed by atoms with Crippen molar-refractivity contribution in [2.24, 2.45) is 0 Å². The van der Waals surface area contributed by atoms with Crippen LogP contribution in [0.3, 0.4) is 0 Å². The van der Waals surface area contributed by atoms with Gasteiger partial charge in [-0.25, -0.2) is 0 Å². The Hall–Kier alpha value is -6.32. The molecule has 0 saturated carbocycles. The molecule has 8 rings (SSSR count). The number of allylic oxidation sites excluding steroid dienone is 2. The monoisotopic (exact) mass is 783 g/mol. The number of nitrogens with one attached hydrogen (secondary N) is 1. The molecule has 2 atom stereocenters. The van der Waals surface area contributed by atoms with Crippen LogP contribution >= 0.6 is 11.3 Å². The second-order valence-corrected chi connectivity index (χ2v) is 16.4. The Labute approximate surface area is 355 Å². The van der Waals surface area contributed by atoms with Crippen LogP contribution in [0.4, 0.5) is 0 Å². The molecule has 0 bridgehead atoms. The molecular weight excluding hydrogens is 731 g/mol. The molecule has 0 spiro atoms. The van der Waals surface area contributed by atoms with Crippen molar-refractivity contribution in [1.82, 2.24) is 5.32 Å². The van der Waals surface area contributed by atoms with Gasteiger partial charge >= 0.3 is 0 Å². The molecule has 1 nitrogen and oxygen atoms in total. The number of hydrogen-bond donors (Lipinski definition) is 1. The summed E-state index contributed by atoms with van der Waals surface area (Å²) in [6, 6.07) is 69.3. The Morgan fingerprint density at radius 3 is 1.86 bits per heavy atom. The highest BCUT2D eigenvalue weighted by Crippen LogP contribution is 2.35. The minimum atomic E-state index is 0.0747. The van der Waals surface area contributed by atoms with Gasteiger partial charge in [-0.3, -0.25) is 0 Å². The number of benzene rings is 7. The predicted molar refractivity (Wildman–Crippen MR) is 258 cm³/mol. The maximum atomic E-state index is 3.53. The summed E-state index contributed by atoms with van der Waals surface area (Å²) in [5.41, 5.74) is 13.7. The molecule has 292 valence electrons. The van der Waals surface area contributed by atoms with Crippen molar-refractivity contribution < 1.29 is 0 Å². The quantitative estimate of drug-likeness (QED) is 0.122. The Kier molecular flexibility index (Phi) is 14.1. The standard InChI is InChI=1S/C50H45NS.C7H8/c1-36(40-19-7-4-8-20-40)31-39-18-16-25-43(33-39)44(34-47-37(2)52-50-28-14-13-27-46(47)50)30-29-38-17-15-26-45(32-38)48(41-21-9-5-10-22-41)35-49(51-3)42-23-11-6-12-24-42;1-7-5-3-2-4-6-7/h4-30,32-36,49,51H,31H2,1-3H3;2-6H,1H3/b30-29+,44-34+,48-35-;.